The van der Waals surface area contributed by atoms with Crippen LogP contribution in [0.5, 0.6) is 0 Å². The second kappa shape index (κ2) is 10.6. The Morgan fingerprint density at radius 1 is 1.21 bits per heavy atom. The van der Waals surface area contributed by atoms with Crippen molar-refractivity contribution in [2.75, 3.05) is 49.5 Å². The second-order valence-electron chi connectivity index (χ2n) is 9.33. The van der Waals surface area contributed by atoms with Crippen molar-refractivity contribution < 1.29 is 9.59 Å². The minimum absolute atomic E-state index is 0.207. The summed E-state index contributed by atoms with van der Waals surface area (Å²) in [7, 11) is 1.84. The number of rotatable bonds is 7. The van der Waals surface area contributed by atoms with Gasteiger partial charge in [-0.05, 0) is 57.1 Å². The highest BCUT2D eigenvalue weighted by Gasteiger charge is 2.33. The lowest BCUT2D eigenvalue weighted by Gasteiger charge is -2.38. The summed E-state index contributed by atoms with van der Waals surface area (Å²) in [4.78, 5) is 33.2. The maximum atomic E-state index is 13.6. The quantitative estimate of drug-likeness (QED) is 0.648. The van der Waals surface area contributed by atoms with Crippen molar-refractivity contribution >= 4 is 29.0 Å². The van der Waals surface area contributed by atoms with Crippen molar-refractivity contribution in [2.24, 2.45) is 7.05 Å². The van der Waals surface area contributed by atoms with E-state index in [1.54, 1.807) is 9.47 Å². The summed E-state index contributed by atoms with van der Waals surface area (Å²) in [5.74, 6) is -0.207. The lowest BCUT2D eigenvalue weighted by Crippen LogP contribution is -2.50. The van der Waals surface area contributed by atoms with E-state index < -0.39 is 0 Å². The summed E-state index contributed by atoms with van der Waals surface area (Å²) in [5, 5.41) is 6.11. The Balaban J connectivity index is 1.51. The van der Waals surface area contributed by atoms with Crippen LogP contribution in [0.3, 0.4) is 0 Å². The SMILES string of the molecule is CCN(CC)CC1CCCCN1CCNC(=O)N1c2ccccc2NC(=O)c2c1c(C)cn2C. The summed E-state index contributed by atoms with van der Waals surface area (Å²) < 4.78 is 1.79. The number of anilines is 3. The number of aryl methyl sites for hydroxylation is 2. The van der Waals surface area contributed by atoms with Gasteiger partial charge in [0.1, 0.15) is 5.69 Å². The van der Waals surface area contributed by atoms with Crippen LogP contribution in [0.4, 0.5) is 21.9 Å². The van der Waals surface area contributed by atoms with E-state index in [1.165, 1.54) is 19.3 Å². The number of hydrogen-bond acceptors (Lipinski definition) is 4. The third-order valence-corrected chi connectivity index (χ3v) is 7.16. The lowest BCUT2D eigenvalue weighted by atomic mass is 10.0. The van der Waals surface area contributed by atoms with Crippen LogP contribution < -0.4 is 15.5 Å². The van der Waals surface area contributed by atoms with Gasteiger partial charge in [0, 0.05) is 38.9 Å². The highest BCUT2D eigenvalue weighted by molar-refractivity contribution is 6.17. The number of carbonyl (C=O) groups is 2. The van der Waals surface area contributed by atoms with Gasteiger partial charge in [0.05, 0.1) is 17.1 Å². The first-order valence-electron chi connectivity index (χ1n) is 12.5. The van der Waals surface area contributed by atoms with Crippen molar-refractivity contribution in [3.05, 3.63) is 41.7 Å². The molecular weight excluding hydrogens is 428 g/mol. The first-order valence-corrected chi connectivity index (χ1v) is 12.5. The molecule has 2 N–H and O–H groups in total. The average Bonchev–Trinajstić information content (AvgIpc) is 3.04. The Kier molecular flexibility index (Phi) is 7.58. The van der Waals surface area contributed by atoms with E-state index in [2.05, 4.69) is 34.3 Å². The Morgan fingerprint density at radius 2 is 1.97 bits per heavy atom. The number of hydrogen-bond donors (Lipinski definition) is 2. The van der Waals surface area contributed by atoms with Crippen LogP contribution >= 0.6 is 0 Å². The number of nitrogens with zero attached hydrogens (tertiary/aromatic N) is 4. The maximum Gasteiger partial charge on any atom is 0.326 e. The van der Waals surface area contributed by atoms with Crippen LogP contribution in [-0.2, 0) is 7.05 Å². The van der Waals surface area contributed by atoms with Crippen LogP contribution in [0.2, 0.25) is 0 Å². The van der Waals surface area contributed by atoms with Gasteiger partial charge in [-0.1, -0.05) is 32.4 Å². The molecule has 0 spiro atoms. The minimum atomic E-state index is -0.211. The van der Waals surface area contributed by atoms with Gasteiger partial charge in [0.15, 0.2) is 0 Å². The van der Waals surface area contributed by atoms with Crippen LogP contribution in [0, 0.1) is 6.92 Å². The zero-order valence-electron chi connectivity index (χ0n) is 20.9. The Hall–Kier alpha value is -2.84. The van der Waals surface area contributed by atoms with Gasteiger partial charge in [-0.2, -0.15) is 0 Å². The fourth-order valence-corrected chi connectivity index (χ4v) is 5.33. The molecule has 1 aromatic heterocycles. The lowest BCUT2D eigenvalue weighted by molar-refractivity contribution is 0.102. The third-order valence-electron chi connectivity index (χ3n) is 7.16. The molecule has 8 nitrogen and oxygen atoms in total. The number of likely N-dealkylation sites (N-methyl/N-ethyl adjacent to an activating group) is 1. The number of urea groups is 1. The first-order chi connectivity index (χ1) is 16.4. The molecule has 0 radical (unpaired) electrons. The molecule has 2 aromatic rings. The number of nitrogens with one attached hydrogen (secondary N) is 2. The van der Waals surface area contributed by atoms with Gasteiger partial charge in [-0.15, -0.1) is 0 Å². The molecule has 1 atom stereocenters. The van der Waals surface area contributed by atoms with E-state index in [4.69, 9.17) is 0 Å². The van der Waals surface area contributed by atoms with E-state index in [9.17, 15) is 9.59 Å². The number of likely N-dealkylation sites (tertiary alicyclic amines) is 1. The van der Waals surface area contributed by atoms with Gasteiger partial charge in [-0.3, -0.25) is 14.6 Å². The van der Waals surface area contributed by atoms with Crippen molar-refractivity contribution in [3.63, 3.8) is 0 Å². The van der Waals surface area contributed by atoms with Gasteiger partial charge in [-0.25, -0.2) is 4.79 Å². The molecule has 4 rings (SSSR count). The summed E-state index contributed by atoms with van der Waals surface area (Å²) in [6, 6.07) is 7.79. The molecule has 0 bridgehead atoms. The zero-order chi connectivity index (χ0) is 24.2. The van der Waals surface area contributed by atoms with E-state index in [0.29, 0.717) is 35.3 Å². The topological polar surface area (TPSA) is 72.8 Å². The van der Waals surface area contributed by atoms with Crippen molar-refractivity contribution in [1.82, 2.24) is 19.7 Å². The number of benzene rings is 1. The molecule has 0 saturated carbocycles. The van der Waals surface area contributed by atoms with Crippen LogP contribution in [0.1, 0.15) is 49.2 Å². The number of aromatic nitrogens is 1. The van der Waals surface area contributed by atoms with E-state index >= 15 is 0 Å². The molecule has 1 aromatic carbocycles. The molecule has 34 heavy (non-hydrogen) atoms. The number of fused-ring (bicyclic) bond motifs is 2. The second-order valence-corrected chi connectivity index (χ2v) is 9.33. The van der Waals surface area contributed by atoms with Crippen molar-refractivity contribution in [1.29, 1.82) is 0 Å². The Labute approximate surface area is 202 Å². The van der Waals surface area contributed by atoms with Crippen molar-refractivity contribution in [3.8, 4) is 0 Å². The summed E-state index contributed by atoms with van der Waals surface area (Å²) in [6.07, 6.45) is 5.59. The van der Waals surface area contributed by atoms with Gasteiger partial charge >= 0.3 is 6.03 Å². The molecule has 8 heteroatoms. The Morgan fingerprint density at radius 3 is 2.74 bits per heavy atom. The summed E-state index contributed by atoms with van der Waals surface area (Å²) in [5.41, 5.74) is 3.32. The van der Waals surface area contributed by atoms with Crippen LogP contribution in [-0.4, -0.2) is 71.6 Å². The number of carbonyl (C=O) groups excluding carboxylic acids is 2. The molecule has 184 valence electrons. The van der Waals surface area contributed by atoms with Gasteiger partial charge < -0.3 is 20.1 Å². The van der Waals surface area contributed by atoms with Gasteiger partial charge in [0.2, 0.25) is 0 Å². The largest absolute Gasteiger partial charge is 0.345 e. The predicted molar refractivity (Wildman–Crippen MR) is 137 cm³/mol. The van der Waals surface area contributed by atoms with Crippen LogP contribution in [0.25, 0.3) is 0 Å². The number of piperidine rings is 1. The Bertz CT molecular complexity index is 1030. The monoisotopic (exact) mass is 466 g/mol. The molecule has 0 aliphatic carbocycles. The van der Waals surface area contributed by atoms with Gasteiger partial charge in [0.25, 0.3) is 5.91 Å². The molecule has 3 amide bonds. The smallest absolute Gasteiger partial charge is 0.326 e. The minimum Gasteiger partial charge on any atom is -0.345 e. The normalized spacial score (nSPS) is 18.3. The van der Waals surface area contributed by atoms with E-state index in [1.807, 2.05) is 44.4 Å². The summed E-state index contributed by atoms with van der Waals surface area (Å²) in [6.45, 7) is 12.1. The highest BCUT2D eigenvalue weighted by Crippen LogP contribution is 2.40. The maximum absolute atomic E-state index is 13.6. The fourth-order valence-electron chi connectivity index (χ4n) is 5.33. The fraction of sp³-hybridized carbons (Fsp3) is 0.538. The predicted octanol–water partition coefficient (Wildman–Crippen LogP) is 3.94. The standard InChI is InChI=1S/C26H38N6O2/c1-5-30(6-2)18-20-11-9-10-15-31(20)16-14-27-26(34)32-22-13-8-7-12-21(22)28-25(33)24-23(32)19(3)17-29(24)4/h7-8,12-13,17,20H,5-6,9-11,14-16,18H2,1-4H3,(H,27,34)(H,28,33). The average molecular weight is 467 g/mol. The highest BCUT2D eigenvalue weighted by atomic mass is 16.2. The molecule has 1 unspecified atom stereocenters. The van der Waals surface area contributed by atoms with E-state index in [0.717, 1.165) is 38.3 Å². The first kappa shape index (κ1) is 24.3. The zero-order valence-corrected chi connectivity index (χ0v) is 20.9. The van der Waals surface area contributed by atoms with E-state index in [-0.39, 0.29) is 11.9 Å². The number of para-hydroxylation sites is 2. The number of amides is 3. The molecule has 3 heterocycles. The third kappa shape index (κ3) is 4.83. The molecule has 2 aliphatic rings. The molecule has 1 fully saturated rings. The molecular formula is C26H38N6O2. The van der Waals surface area contributed by atoms with Crippen molar-refractivity contribution in [2.45, 2.75) is 46.1 Å². The van der Waals surface area contributed by atoms with Crippen LogP contribution in [0.15, 0.2) is 30.5 Å². The molecule has 1 saturated heterocycles. The summed E-state index contributed by atoms with van der Waals surface area (Å²) >= 11 is 0. The molecule has 2 aliphatic heterocycles.